The Balaban J connectivity index is 1.67. The van der Waals surface area contributed by atoms with Gasteiger partial charge in [-0.25, -0.2) is 4.79 Å². The summed E-state index contributed by atoms with van der Waals surface area (Å²) in [5.74, 6) is -0.435. The summed E-state index contributed by atoms with van der Waals surface area (Å²) in [5.41, 5.74) is 2.28. The Hall–Kier alpha value is -4.19. The number of likely N-dealkylation sites (N-methyl/N-ethyl adjacent to an activating group) is 1. The monoisotopic (exact) mass is 580 g/mol. The van der Waals surface area contributed by atoms with E-state index in [2.05, 4.69) is 20.9 Å². The summed E-state index contributed by atoms with van der Waals surface area (Å²) in [4.78, 5) is 59.2. The van der Waals surface area contributed by atoms with Gasteiger partial charge in [-0.2, -0.15) is 0 Å². The van der Waals surface area contributed by atoms with Crippen LogP contribution < -0.4 is 20.7 Å². The third kappa shape index (κ3) is 8.41. The minimum atomic E-state index is -0.699. The van der Waals surface area contributed by atoms with Crippen LogP contribution in [0, 0.1) is 0 Å². The Bertz CT molecular complexity index is 1320. The number of alkyl carbamates (subject to hydrolysis) is 1. The van der Waals surface area contributed by atoms with Crippen molar-refractivity contribution in [2.24, 2.45) is 0 Å². The van der Waals surface area contributed by atoms with E-state index in [9.17, 15) is 19.2 Å². The molecule has 2 aromatic rings. The number of hydrogen-bond donors (Lipinski definition) is 3. The largest absolute Gasteiger partial charge is 0.493 e. The van der Waals surface area contributed by atoms with Gasteiger partial charge in [-0.05, 0) is 70.6 Å². The van der Waals surface area contributed by atoms with E-state index in [4.69, 9.17) is 9.47 Å². The van der Waals surface area contributed by atoms with Crippen molar-refractivity contribution < 1.29 is 28.7 Å². The molecule has 3 aliphatic rings. The van der Waals surface area contributed by atoms with Crippen molar-refractivity contribution in [3.8, 4) is 16.9 Å². The van der Waals surface area contributed by atoms with E-state index in [1.54, 1.807) is 52.0 Å². The molecule has 3 aliphatic heterocycles. The van der Waals surface area contributed by atoms with Gasteiger partial charge in [0.25, 0.3) is 5.91 Å². The van der Waals surface area contributed by atoms with Crippen molar-refractivity contribution in [3.63, 3.8) is 0 Å². The van der Waals surface area contributed by atoms with E-state index in [0.29, 0.717) is 24.3 Å². The number of nitrogens with zero attached hydrogens (tertiary/aromatic N) is 3. The molecule has 226 valence electrons. The van der Waals surface area contributed by atoms with Crippen LogP contribution in [-0.4, -0.2) is 104 Å². The van der Waals surface area contributed by atoms with E-state index in [0.717, 1.165) is 16.7 Å². The fourth-order valence-electron chi connectivity index (χ4n) is 4.97. The van der Waals surface area contributed by atoms with E-state index < -0.39 is 17.7 Å². The topological polar surface area (TPSA) is 142 Å². The Labute approximate surface area is 246 Å². The molecule has 12 nitrogen and oxygen atoms in total. The first-order valence-electron chi connectivity index (χ1n) is 14.1. The van der Waals surface area contributed by atoms with E-state index >= 15 is 0 Å². The maximum Gasteiger partial charge on any atom is 0.407 e. The molecule has 1 aromatic heterocycles. The Kier molecular flexibility index (Phi) is 9.66. The number of rotatable bonds is 3. The van der Waals surface area contributed by atoms with Crippen LogP contribution in [0.3, 0.4) is 0 Å². The predicted octanol–water partition coefficient (Wildman–Crippen LogP) is 1.76. The highest BCUT2D eigenvalue weighted by atomic mass is 16.6. The minimum absolute atomic E-state index is 0.109. The molecule has 5 rings (SSSR count). The number of hydrogen-bond acceptors (Lipinski definition) is 8. The van der Waals surface area contributed by atoms with Gasteiger partial charge in [0.05, 0.1) is 31.3 Å². The van der Waals surface area contributed by atoms with Crippen LogP contribution >= 0.6 is 0 Å². The minimum Gasteiger partial charge on any atom is -0.493 e. The fourth-order valence-corrected chi connectivity index (χ4v) is 4.97. The lowest BCUT2D eigenvalue weighted by Gasteiger charge is -2.27. The molecule has 0 aliphatic carbocycles. The van der Waals surface area contributed by atoms with Gasteiger partial charge in [-0.15, -0.1) is 0 Å². The number of fused-ring (bicyclic) bond motifs is 4. The number of nitrogens with one attached hydrogen (secondary N) is 3. The van der Waals surface area contributed by atoms with Crippen LogP contribution in [-0.2, 0) is 14.3 Å². The molecule has 0 spiro atoms. The zero-order valence-electron chi connectivity index (χ0n) is 24.9. The summed E-state index contributed by atoms with van der Waals surface area (Å²) in [7, 11) is 3.53. The lowest BCUT2D eigenvalue weighted by molar-refractivity contribution is -0.136. The first kappa shape index (κ1) is 30.8. The first-order valence-corrected chi connectivity index (χ1v) is 14.1. The van der Waals surface area contributed by atoms with Gasteiger partial charge >= 0.3 is 6.09 Å². The standard InChI is InChI=1S/C30H40N6O6/c1-30(2,3)42-29(40)34-22-11-21-18-41-23-6-7-24(21)25(12-23)19-10-20(14-31-13-19)28(39)32-8-9-36(16-26(37)33-15-22)27(38)17-35(4)5/h6-7,10,12-14,21-22H,8-9,11,15-18H2,1-5H3,(H,32,39)(H,33,37)(H,34,40)/t21-,22-/m1/s1. The number of pyridine rings is 1. The van der Waals surface area contributed by atoms with Crippen molar-refractivity contribution >= 4 is 23.8 Å². The summed E-state index contributed by atoms with van der Waals surface area (Å²) >= 11 is 0. The van der Waals surface area contributed by atoms with Crippen LogP contribution in [0.5, 0.6) is 5.75 Å². The fraction of sp³-hybridized carbons (Fsp3) is 0.500. The van der Waals surface area contributed by atoms with Gasteiger partial charge in [0.2, 0.25) is 11.8 Å². The highest BCUT2D eigenvalue weighted by molar-refractivity contribution is 5.95. The van der Waals surface area contributed by atoms with Gasteiger partial charge in [-0.1, -0.05) is 6.07 Å². The van der Waals surface area contributed by atoms with Crippen molar-refractivity contribution in [1.82, 2.24) is 30.7 Å². The molecule has 0 unspecified atom stereocenters. The number of ether oxygens (including phenoxy) is 2. The third-order valence-electron chi connectivity index (χ3n) is 6.87. The first-order chi connectivity index (χ1) is 19.9. The van der Waals surface area contributed by atoms with Crippen LogP contribution in [0.2, 0.25) is 0 Å². The van der Waals surface area contributed by atoms with E-state index in [-0.39, 0.29) is 56.4 Å². The van der Waals surface area contributed by atoms with Crippen LogP contribution in [0.1, 0.15) is 49.0 Å². The van der Waals surface area contributed by atoms with Crippen LogP contribution in [0.25, 0.3) is 11.1 Å². The second-order valence-corrected chi connectivity index (χ2v) is 11.9. The molecule has 0 saturated carbocycles. The number of benzene rings is 1. The third-order valence-corrected chi connectivity index (χ3v) is 6.87. The normalized spacial score (nSPS) is 19.6. The zero-order chi connectivity index (χ0) is 30.4. The highest BCUT2D eigenvalue weighted by Crippen LogP contribution is 2.38. The predicted molar refractivity (Wildman–Crippen MR) is 156 cm³/mol. The molecule has 2 atom stereocenters. The van der Waals surface area contributed by atoms with Crippen LogP contribution in [0.4, 0.5) is 4.79 Å². The second kappa shape index (κ2) is 13.2. The maximum atomic E-state index is 13.1. The Morgan fingerprint density at radius 3 is 2.64 bits per heavy atom. The zero-order valence-corrected chi connectivity index (χ0v) is 24.9. The number of amides is 4. The molecular weight excluding hydrogens is 540 g/mol. The lowest BCUT2D eigenvalue weighted by atomic mass is 9.87. The van der Waals surface area contributed by atoms with Crippen LogP contribution in [0.15, 0.2) is 36.7 Å². The number of carbonyl (C=O) groups is 4. The van der Waals surface area contributed by atoms with Crippen molar-refractivity contribution in [2.45, 2.75) is 44.8 Å². The molecular formula is C30H40N6O6. The molecule has 4 amide bonds. The Morgan fingerprint density at radius 2 is 1.90 bits per heavy atom. The van der Waals surface area contributed by atoms with Gasteiger partial charge < -0.3 is 35.2 Å². The maximum absolute atomic E-state index is 13.1. The smallest absolute Gasteiger partial charge is 0.407 e. The molecule has 0 fully saturated rings. The molecule has 0 radical (unpaired) electrons. The quantitative estimate of drug-likeness (QED) is 0.499. The summed E-state index contributed by atoms with van der Waals surface area (Å²) in [6.45, 7) is 6.02. The molecule has 0 saturated heterocycles. The van der Waals surface area contributed by atoms with Gasteiger partial charge in [0.1, 0.15) is 11.4 Å². The molecule has 42 heavy (non-hydrogen) atoms. The van der Waals surface area contributed by atoms with E-state index in [1.165, 1.54) is 11.1 Å². The lowest BCUT2D eigenvalue weighted by Crippen LogP contribution is -2.50. The highest BCUT2D eigenvalue weighted by Gasteiger charge is 2.29. The average Bonchev–Trinajstić information content (AvgIpc) is 3.20. The van der Waals surface area contributed by atoms with Crippen molar-refractivity contribution in [1.29, 1.82) is 0 Å². The summed E-state index contributed by atoms with van der Waals surface area (Å²) < 4.78 is 11.5. The van der Waals surface area contributed by atoms with Gasteiger partial charge in [0, 0.05) is 43.5 Å². The van der Waals surface area contributed by atoms with Crippen molar-refractivity contribution in [2.75, 3.05) is 53.4 Å². The van der Waals surface area contributed by atoms with Gasteiger partial charge in [-0.3, -0.25) is 19.4 Å². The summed E-state index contributed by atoms with van der Waals surface area (Å²) in [6.07, 6.45) is 3.03. The molecule has 4 heterocycles. The second-order valence-electron chi connectivity index (χ2n) is 11.9. The average molecular weight is 581 g/mol. The molecule has 3 N–H and O–H groups in total. The molecule has 6 bridgehead atoms. The van der Waals surface area contributed by atoms with Gasteiger partial charge in [0.15, 0.2) is 0 Å². The summed E-state index contributed by atoms with van der Waals surface area (Å²) in [5, 5.41) is 8.63. The summed E-state index contributed by atoms with van der Waals surface area (Å²) in [6, 6.07) is 7.08. The SMILES string of the molecule is CN(C)CC(=O)N1CCNC(=O)c2cncc(c2)-c2cc3ccc2[C@@H](CO3)C[C@@H](NC(=O)OC(C)(C)C)CNC(=O)C1. The molecule has 12 heteroatoms. The van der Waals surface area contributed by atoms with E-state index in [1.807, 2.05) is 18.2 Å². The molecule has 1 aromatic carbocycles. The number of carbonyl (C=O) groups excluding carboxylic acids is 4. The number of aromatic nitrogens is 1. The van der Waals surface area contributed by atoms with Crippen molar-refractivity contribution in [3.05, 3.63) is 47.8 Å². The Morgan fingerprint density at radius 1 is 1.14 bits per heavy atom.